The second-order valence-corrected chi connectivity index (χ2v) is 6.24. The number of hydrogen-bond acceptors (Lipinski definition) is 3. The number of hydrogen-bond donors (Lipinski definition) is 1. The monoisotopic (exact) mass is 299 g/mol. The number of carbonyl (C=O) groups is 1. The molecule has 1 aromatic carbocycles. The topological polar surface area (TPSA) is 48.6 Å². The average molecular weight is 299 g/mol. The van der Waals surface area contributed by atoms with Gasteiger partial charge in [-0.25, -0.2) is 0 Å². The van der Waals surface area contributed by atoms with Crippen molar-refractivity contribution in [2.45, 2.75) is 18.9 Å². The molecule has 1 aromatic heterocycles. The van der Waals surface area contributed by atoms with E-state index >= 15 is 0 Å². The number of aromatic amines is 1. The first-order valence-corrected chi connectivity index (χ1v) is 7.95. The molecule has 4 rings (SSSR count). The van der Waals surface area contributed by atoms with Crippen LogP contribution in [0, 0.1) is 0 Å². The van der Waals surface area contributed by atoms with E-state index in [1.54, 1.807) is 7.11 Å². The normalized spacial score (nSPS) is 19.6. The van der Waals surface area contributed by atoms with Crippen molar-refractivity contribution in [1.29, 1.82) is 0 Å². The molecule has 0 radical (unpaired) electrons. The van der Waals surface area contributed by atoms with E-state index in [2.05, 4.69) is 9.88 Å². The quantitative estimate of drug-likeness (QED) is 0.944. The number of H-pyrrole nitrogens is 1. The first-order chi connectivity index (χ1) is 10.7. The molecule has 0 atom stereocenters. The van der Waals surface area contributed by atoms with Gasteiger partial charge in [-0.1, -0.05) is 0 Å². The Kier molecular flexibility index (Phi) is 3.30. The van der Waals surface area contributed by atoms with Crippen molar-refractivity contribution in [3.05, 3.63) is 30.0 Å². The number of ether oxygens (including phenoxy) is 1. The van der Waals surface area contributed by atoms with E-state index in [9.17, 15) is 4.79 Å². The Morgan fingerprint density at radius 2 is 2.00 bits per heavy atom. The molecule has 0 unspecified atom stereocenters. The summed E-state index contributed by atoms with van der Waals surface area (Å²) in [5.74, 6) is 0.900. The third-order valence-electron chi connectivity index (χ3n) is 4.87. The molecule has 116 valence electrons. The van der Waals surface area contributed by atoms with E-state index in [0.717, 1.165) is 29.7 Å². The Balaban J connectivity index is 1.46. The van der Waals surface area contributed by atoms with E-state index < -0.39 is 0 Å². The Bertz CT molecular complexity index is 697. The Morgan fingerprint density at radius 3 is 2.73 bits per heavy atom. The Morgan fingerprint density at radius 1 is 1.23 bits per heavy atom. The van der Waals surface area contributed by atoms with Crippen LogP contribution in [0.3, 0.4) is 0 Å². The van der Waals surface area contributed by atoms with Crippen LogP contribution in [0.1, 0.15) is 23.3 Å². The largest absolute Gasteiger partial charge is 0.497 e. The molecule has 3 heterocycles. The molecule has 2 saturated heterocycles. The highest BCUT2D eigenvalue weighted by Crippen LogP contribution is 2.25. The number of aromatic nitrogens is 1. The first kappa shape index (κ1) is 13.6. The summed E-state index contributed by atoms with van der Waals surface area (Å²) in [6.45, 7) is 4.10. The lowest BCUT2D eigenvalue weighted by Crippen LogP contribution is -2.60. The van der Waals surface area contributed by atoms with E-state index in [1.165, 1.54) is 25.9 Å². The zero-order valence-corrected chi connectivity index (χ0v) is 12.8. The Hall–Kier alpha value is -2.01. The van der Waals surface area contributed by atoms with Crippen molar-refractivity contribution >= 4 is 16.8 Å². The highest BCUT2D eigenvalue weighted by molar-refractivity contribution is 5.98. The van der Waals surface area contributed by atoms with Crippen molar-refractivity contribution in [3.63, 3.8) is 0 Å². The molecule has 0 bridgehead atoms. The minimum atomic E-state index is 0.102. The summed E-state index contributed by atoms with van der Waals surface area (Å²) in [5.41, 5.74) is 1.61. The maximum absolute atomic E-state index is 12.6. The maximum atomic E-state index is 12.6. The van der Waals surface area contributed by atoms with Crippen LogP contribution in [-0.2, 0) is 0 Å². The highest BCUT2D eigenvalue weighted by Gasteiger charge is 2.36. The van der Waals surface area contributed by atoms with Crippen LogP contribution in [0.5, 0.6) is 5.75 Å². The molecule has 2 fully saturated rings. The second-order valence-electron chi connectivity index (χ2n) is 6.24. The molecule has 2 aromatic rings. The smallest absolute Gasteiger partial charge is 0.270 e. The van der Waals surface area contributed by atoms with Crippen molar-refractivity contribution in [2.75, 3.05) is 33.3 Å². The van der Waals surface area contributed by atoms with Crippen LogP contribution in [0.25, 0.3) is 10.9 Å². The molecule has 2 aliphatic rings. The van der Waals surface area contributed by atoms with Gasteiger partial charge in [0.15, 0.2) is 0 Å². The molecule has 2 aliphatic heterocycles. The van der Waals surface area contributed by atoms with Gasteiger partial charge in [-0.05, 0) is 44.1 Å². The SMILES string of the molecule is COc1ccc2cc(C(=O)N3CC(N4CCCC4)C3)[nH]c2c1. The summed E-state index contributed by atoms with van der Waals surface area (Å²) in [4.78, 5) is 20.2. The lowest BCUT2D eigenvalue weighted by molar-refractivity contribution is 0.0330. The van der Waals surface area contributed by atoms with Crippen molar-refractivity contribution < 1.29 is 9.53 Å². The van der Waals surface area contributed by atoms with Crippen molar-refractivity contribution in [3.8, 4) is 5.75 Å². The predicted molar refractivity (Wildman–Crippen MR) is 85.3 cm³/mol. The summed E-state index contributed by atoms with van der Waals surface area (Å²) in [7, 11) is 1.65. The average Bonchev–Trinajstić information content (AvgIpc) is 3.13. The van der Waals surface area contributed by atoms with Gasteiger partial charge in [0.1, 0.15) is 11.4 Å². The zero-order chi connectivity index (χ0) is 15.1. The lowest BCUT2D eigenvalue weighted by Gasteiger charge is -2.43. The molecule has 22 heavy (non-hydrogen) atoms. The molecule has 5 nitrogen and oxygen atoms in total. The number of benzene rings is 1. The van der Waals surface area contributed by atoms with E-state index in [4.69, 9.17) is 4.74 Å². The molecule has 5 heteroatoms. The fourth-order valence-electron chi connectivity index (χ4n) is 3.48. The van der Waals surface area contributed by atoms with Crippen LogP contribution in [0.4, 0.5) is 0 Å². The minimum absolute atomic E-state index is 0.102. The number of likely N-dealkylation sites (tertiary alicyclic amines) is 2. The maximum Gasteiger partial charge on any atom is 0.270 e. The third kappa shape index (κ3) is 2.25. The summed E-state index contributed by atoms with van der Waals surface area (Å²) in [6, 6.07) is 8.31. The van der Waals surface area contributed by atoms with Crippen LogP contribution >= 0.6 is 0 Å². The number of amides is 1. The predicted octanol–water partition coefficient (Wildman–Crippen LogP) is 2.10. The second kappa shape index (κ2) is 5.32. The molecular formula is C17H21N3O2. The highest BCUT2D eigenvalue weighted by atomic mass is 16.5. The standard InChI is InChI=1S/C17H21N3O2/c1-22-14-5-4-12-8-16(18-15(12)9-14)17(21)20-10-13(11-20)19-6-2-3-7-19/h4-5,8-9,13,18H,2-3,6-7,10-11H2,1H3. The summed E-state index contributed by atoms with van der Waals surface area (Å²) < 4.78 is 5.22. The molecule has 0 saturated carbocycles. The molecular weight excluding hydrogens is 278 g/mol. The van der Waals surface area contributed by atoms with Crippen LogP contribution in [-0.4, -0.2) is 60.0 Å². The van der Waals surface area contributed by atoms with Crippen LogP contribution in [0.15, 0.2) is 24.3 Å². The van der Waals surface area contributed by atoms with E-state index in [0.29, 0.717) is 11.7 Å². The van der Waals surface area contributed by atoms with Gasteiger partial charge in [0.25, 0.3) is 5.91 Å². The van der Waals surface area contributed by atoms with Crippen LogP contribution < -0.4 is 4.74 Å². The van der Waals surface area contributed by atoms with Gasteiger partial charge in [-0.2, -0.15) is 0 Å². The van der Waals surface area contributed by atoms with Crippen molar-refractivity contribution in [2.24, 2.45) is 0 Å². The third-order valence-corrected chi connectivity index (χ3v) is 4.87. The summed E-state index contributed by atoms with van der Waals surface area (Å²) in [6.07, 6.45) is 2.60. The minimum Gasteiger partial charge on any atom is -0.497 e. The lowest BCUT2D eigenvalue weighted by atomic mass is 10.1. The van der Waals surface area contributed by atoms with Gasteiger partial charge < -0.3 is 14.6 Å². The van der Waals surface area contributed by atoms with Gasteiger partial charge >= 0.3 is 0 Å². The number of rotatable bonds is 3. The van der Waals surface area contributed by atoms with E-state index in [1.807, 2.05) is 29.2 Å². The number of nitrogens with one attached hydrogen (secondary N) is 1. The van der Waals surface area contributed by atoms with Gasteiger partial charge in [0.2, 0.25) is 0 Å². The zero-order valence-electron chi connectivity index (χ0n) is 12.8. The van der Waals surface area contributed by atoms with Crippen LogP contribution in [0.2, 0.25) is 0 Å². The molecule has 1 N–H and O–H groups in total. The number of methoxy groups -OCH3 is 1. The number of fused-ring (bicyclic) bond motifs is 1. The number of nitrogens with zero attached hydrogens (tertiary/aromatic N) is 2. The fourth-order valence-corrected chi connectivity index (χ4v) is 3.48. The summed E-state index contributed by atoms with van der Waals surface area (Å²) >= 11 is 0. The molecule has 0 aliphatic carbocycles. The van der Waals surface area contributed by atoms with Gasteiger partial charge in [0.05, 0.1) is 7.11 Å². The van der Waals surface area contributed by atoms with E-state index in [-0.39, 0.29) is 5.91 Å². The Labute approximate surface area is 129 Å². The van der Waals surface area contributed by atoms with Gasteiger partial charge in [0, 0.05) is 36.1 Å². The fraction of sp³-hybridized carbons (Fsp3) is 0.471. The first-order valence-electron chi connectivity index (χ1n) is 7.95. The van der Waals surface area contributed by atoms with Crippen molar-refractivity contribution in [1.82, 2.24) is 14.8 Å². The van der Waals surface area contributed by atoms with Gasteiger partial charge in [-0.15, -0.1) is 0 Å². The molecule has 1 amide bonds. The molecule has 0 spiro atoms. The number of carbonyl (C=O) groups excluding carboxylic acids is 1. The van der Waals surface area contributed by atoms with Gasteiger partial charge in [-0.3, -0.25) is 9.69 Å². The summed E-state index contributed by atoms with van der Waals surface area (Å²) in [5, 5.41) is 1.04.